The molecule has 0 aromatic carbocycles. The van der Waals surface area contributed by atoms with Crippen molar-refractivity contribution in [3.8, 4) is 0 Å². The highest BCUT2D eigenvalue weighted by Crippen LogP contribution is 2.25. The summed E-state index contributed by atoms with van der Waals surface area (Å²) in [5.41, 5.74) is 0. The molecule has 0 aromatic heterocycles. The highest BCUT2D eigenvalue weighted by molar-refractivity contribution is 7.86. The first-order chi connectivity index (χ1) is 9.03. The lowest BCUT2D eigenvalue weighted by Crippen LogP contribution is -2.51. The summed E-state index contributed by atoms with van der Waals surface area (Å²) in [7, 11) is 0.194. The van der Waals surface area contributed by atoms with Gasteiger partial charge in [-0.05, 0) is 38.8 Å². The molecule has 2 aliphatic rings. The zero-order valence-electron chi connectivity index (χ0n) is 12.1. The van der Waals surface area contributed by atoms with Gasteiger partial charge in [-0.2, -0.15) is 17.0 Å². The quantitative estimate of drug-likeness (QED) is 0.845. The van der Waals surface area contributed by atoms with Gasteiger partial charge in [0.1, 0.15) is 0 Å². The van der Waals surface area contributed by atoms with Gasteiger partial charge in [-0.3, -0.25) is 0 Å². The Kier molecular flexibility index (Phi) is 5.22. The van der Waals surface area contributed by atoms with Crippen molar-refractivity contribution in [1.82, 2.24) is 13.9 Å². The van der Waals surface area contributed by atoms with Crippen LogP contribution in [-0.4, -0.2) is 56.3 Å². The molecule has 0 amide bonds. The van der Waals surface area contributed by atoms with Crippen LogP contribution in [0.3, 0.4) is 0 Å². The summed E-state index contributed by atoms with van der Waals surface area (Å²) in [5.74, 6) is 0. The van der Waals surface area contributed by atoms with Gasteiger partial charge in [-0.15, -0.1) is 0 Å². The van der Waals surface area contributed by atoms with Gasteiger partial charge in [0.15, 0.2) is 0 Å². The topological polar surface area (TPSA) is 52.7 Å². The fourth-order valence-electron chi connectivity index (χ4n) is 3.19. The summed E-state index contributed by atoms with van der Waals surface area (Å²) in [4.78, 5) is 0. The lowest BCUT2D eigenvalue weighted by molar-refractivity contribution is 0.240. The Morgan fingerprint density at radius 3 is 1.84 bits per heavy atom. The Balaban J connectivity index is 2.02. The standard InChI is InChI=1S/C13H27N3O2S/c1-15(12-6-4-3-5-7-12)19(17,18)16(2)13-8-10-14-11-9-13/h12-14H,3-11H2,1-2H3. The van der Waals surface area contributed by atoms with Crippen molar-refractivity contribution in [3.05, 3.63) is 0 Å². The van der Waals surface area contributed by atoms with Crippen molar-refractivity contribution in [2.45, 2.75) is 57.0 Å². The van der Waals surface area contributed by atoms with E-state index < -0.39 is 10.2 Å². The minimum atomic E-state index is -3.30. The highest BCUT2D eigenvalue weighted by atomic mass is 32.2. The molecule has 0 atom stereocenters. The third-order valence-electron chi connectivity index (χ3n) is 4.64. The Morgan fingerprint density at radius 2 is 1.32 bits per heavy atom. The first kappa shape index (κ1) is 15.2. The summed E-state index contributed by atoms with van der Waals surface area (Å²) in [6.07, 6.45) is 7.39. The molecule has 2 fully saturated rings. The number of hydrogen-bond donors (Lipinski definition) is 1. The zero-order chi connectivity index (χ0) is 13.9. The maximum atomic E-state index is 12.7. The van der Waals surface area contributed by atoms with Crippen LogP contribution in [0.5, 0.6) is 0 Å². The molecule has 6 heteroatoms. The number of nitrogens with zero attached hydrogens (tertiary/aromatic N) is 2. The van der Waals surface area contributed by atoms with Crippen molar-refractivity contribution < 1.29 is 8.42 Å². The van der Waals surface area contributed by atoms with Gasteiger partial charge < -0.3 is 5.32 Å². The predicted molar refractivity (Wildman–Crippen MR) is 77.2 cm³/mol. The van der Waals surface area contributed by atoms with Gasteiger partial charge in [-0.1, -0.05) is 19.3 Å². The largest absolute Gasteiger partial charge is 0.317 e. The second-order valence-electron chi connectivity index (χ2n) is 5.81. The minimum Gasteiger partial charge on any atom is -0.317 e. The van der Waals surface area contributed by atoms with Crippen LogP contribution in [-0.2, 0) is 10.2 Å². The summed E-state index contributed by atoms with van der Waals surface area (Å²) in [5, 5.41) is 3.28. The van der Waals surface area contributed by atoms with E-state index in [1.54, 1.807) is 22.7 Å². The maximum absolute atomic E-state index is 12.7. The molecule has 1 aliphatic carbocycles. The first-order valence-electron chi connectivity index (χ1n) is 7.45. The van der Waals surface area contributed by atoms with Crippen LogP contribution in [0, 0.1) is 0 Å². The Labute approximate surface area is 117 Å². The molecule has 1 aliphatic heterocycles. The molecule has 19 heavy (non-hydrogen) atoms. The van der Waals surface area contributed by atoms with Crippen molar-refractivity contribution >= 4 is 10.2 Å². The summed E-state index contributed by atoms with van der Waals surface area (Å²) in [6, 6.07) is 0.347. The van der Waals surface area contributed by atoms with E-state index >= 15 is 0 Å². The molecule has 0 spiro atoms. The number of piperidine rings is 1. The summed E-state index contributed by atoms with van der Waals surface area (Å²) < 4.78 is 28.5. The first-order valence-corrected chi connectivity index (χ1v) is 8.85. The van der Waals surface area contributed by atoms with Crippen molar-refractivity contribution in [2.24, 2.45) is 0 Å². The molecular formula is C13H27N3O2S. The Morgan fingerprint density at radius 1 is 0.842 bits per heavy atom. The molecule has 5 nitrogen and oxygen atoms in total. The number of rotatable bonds is 4. The third-order valence-corrected chi connectivity index (χ3v) is 6.69. The Bertz CT molecular complexity index is 343. The fourth-order valence-corrected chi connectivity index (χ4v) is 4.78. The van der Waals surface area contributed by atoms with Crippen molar-refractivity contribution in [3.63, 3.8) is 0 Å². The van der Waals surface area contributed by atoms with E-state index in [9.17, 15) is 8.42 Å². The van der Waals surface area contributed by atoms with Crippen LogP contribution in [0.25, 0.3) is 0 Å². The fraction of sp³-hybridized carbons (Fsp3) is 1.00. The van der Waals surface area contributed by atoms with Gasteiger partial charge in [0, 0.05) is 26.2 Å². The van der Waals surface area contributed by atoms with E-state index in [0.29, 0.717) is 0 Å². The van der Waals surface area contributed by atoms with E-state index in [2.05, 4.69) is 5.32 Å². The average Bonchev–Trinajstić information content (AvgIpc) is 2.47. The van der Waals surface area contributed by atoms with E-state index in [0.717, 1.165) is 51.6 Å². The summed E-state index contributed by atoms with van der Waals surface area (Å²) >= 11 is 0. The molecule has 1 saturated carbocycles. The van der Waals surface area contributed by atoms with Gasteiger partial charge in [-0.25, -0.2) is 0 Å². The maximum Gasteiger partial charge on any atom is 0.281 e. The van der Waals surface area contributed by atoms with Crippen molar-refractivity contribution in [1.29, 1.82) is 0 Å². The van der Waals surface area contributed by atoms with Crippen LogP contribution in [0.1, 0.15) is 44.9 Å². The predicted octanol–water partition coefficient (Wildman–Crippen LogP) is 1.18. The van der Waals surface area contributed by atoms with E-state index in [1.165, 1.54) is 6.42 Å². The monoisotopic (exact) mass is 289 g/mol. The number of nitrogens with one attached hydrogen (secondary N) is 1. The normalized spacial score (nSPS) is 24.2. The Hall–Kier alpha value is -0.170. The third kappa shape index (κ3) is 3.48. The van der Waals surface area contributed by atoms with Crippen LogP contribution in [0.15, 0.2) is 0 Å². The van der Waals surface area contributed by atoms with Gasteiger partial charge in [0.05, 0.1) is 0 Å². The molecule has 1 N–H and O–H groups in total. The molecule has 0 unspecified atom stereocenters. The summed E-state index contributed by atoms with van der Waals surface area (Å²) in [6.45, 7) is 1.83. The van der Waals surface area contributed by atoms with E-state index in [4.69, 9.17) is 0 Å². The minimum absolute atomic E-state index is 0.150. The molecular weight excluding hydrogens is 262 g/mol. The van der Waals surface area contributed by atoms with E-state index in [-0.39, 0.29) is 12.1 Å². The smallest absolute Gasteiger partial charge is 0.281 e. The molecule has 0 bridgehead atoms. The van der Waals surface area contributed by atoms with Crippen LogP contribution in [0.2, 0.25) is 0 Å². The second-order valence-corrected chi connectivity index (χ2v) is 7.86. The molecule has 1 saturated heterocycles. The molecule has 0 aromatic rings. The molecule has 2 rings (SSSR count). The molecule has 0 radical (unpaired) electrons. The molecule has 112 valence electrons. The highest BCUT2D eigenvalue weighted by Gasteiger charge is 2.34. The lowest BCUT2D eigenvalue weighted by atomic mass is 9.96. The van der Waals surface area contributed by atoms with Crippen LogP contribution >= 0.6 is 0 Å². The van der Waals surface area contributed by atoms with Gasteiger partial charge in [0.2, 0.25) is 0 Å². The van der Waals surface area contributed by atoms with Gasteiger partial charge in [0.25, 0.3) is 10.2 Å². The average molecular weight is 289 g/mol. The van der Waals surface area contributed by atoms with Crippen LogP contribution in [0.4, 0.5) is 0 Å². The van der Waals surface area contributed by atoms with E-state index in [1.807, 2.05) is 0 Å². The zero-order valence-corrected chi connectivity index (χ0v) is 13.0. The SMILES string of the molecule is CN(C1CCCCC1)S(=O)(=O)N(C)C1CCNCC1. The van der Waals surface area contributed by atoms with Crippen LogP contribution < -0.4 is 5.32 Å². The van der Waals surface area contributed by atoms with Gasteiger partial charge >= 0.3 is 0 Å². The second kappa shape index (κ2) is 6.52. The lowest BCUT2D eigenvalue weighted by Gasteiger charge is -2.37. The number of hydrogen-bond acceptors (Lipinski definition) is 3. The molecule has 1 heterocycles. The van der Waals surface area contributed by atoms with Crippen molar-refractivity contribution in [2.75, 3.05) is 27.2 Å².